The molecule has 0 spiro atoms. The van der Waals surface area contributed by atoms with E-state index in [2.05, 4.69) is 17.7 Å². The Hall–Kier alpha value is -0.810. The predicted octanol–water partition coefficient (Wildman–Crippen LogP) is 1.59. The van der Waals surface area contributed by atoms with Crippen molar-refractivity contribution in [3.05, 3.63) is 0 Å². The third kappa shape index (κ3) is 1.57. The SMILES string of the molecule is C#CC(C)N1C2CCCC1CC(=O)C2. The largest absolute Gasteiger partial charge is 0.300 e. The molecule has 2 heterocycles. The van der Waals surface area contributed by atoms with Gasteiger partial charge in [-0.1, -0.05) is 12.3 Å². The maximum atomic E-state index is 11.5. The molecule has 2 bridgehead atoms. The highest BCUT2D eigenvalue weighted by Gasteiger charge is 2.39. The first kappa shape index (κ1) is 9.73. The molecule has 0 aromatic rings. The summed E-state index contributed by atoms with van der Waals surface area (Å²) < 4.78 is 0. The smallest absolute Gasteiger partial charge is 0.136 e. The van der Waals surface area contributed by atoms with Crippen LogP contribution in [-0.4, -0.2) is 28.8 Å². The van der Waals surface area contributed by atoms with Crippen LogP contribution in [0.3, 0.4) is 0 Å². The van der Waals surface area contributed by atoms with Crippen molar-refractivity contribution in [1.29, 1.82) is 0 Å². The predicted molar refractivity (Wildman–Crippen MR) is 55.8 cm³/mol. The van der Waals surface area contributed by atoms with Gasteiger partial charge in [-0.05, 0) is 19.8 Å². The number of hydrogen-bond donors (Lipinski definition) is 0. The van der Waals surface area contributed by atoms with Crippen LogP contribution in [0.1, 0.15) is 39.0 Å². The first-order valence-electron chi connectivity index (χ1n) is 5.47. The molecule has 2 nitrogen and oxygen atoms in total. The number of fused-ring (bicyclic) bond motifs is 2. The van der Waals surface area contributed by atoms with E-state index in [9.17, 15) is 4.79 Å². The summed E-state index contributed by atoms with van der Waals surface area (Å²) in [5, 5.41) is 0. The van der Waals surface area contributed by atoms with E-state index in [0.29, 0.717) is 17.9 Å². The summed E-state index contributed by atoms with van der Waals surface area (Å²) in [6.07, 6.45) is 10.5. The summed E-state index contributed by atoms with van der Waals surface area (Å²) in [5.41, 5.74) is 0. The van der Waals surface area contributed by atoms with E-state index < -0.39 is 0 Å². The van der Waals surface area contributed by atoms with Gasteiger partial charge < -0.3 is 0 Å². The lowest BCUT2D eigenvalue weighted by Gasteiger charge is -2.47. The number of carbonyl (C=O) groups is 1. The van der Waals surface area contributed by atoms with E-state index in [-0.39, 0.29) is 6.04 Å². The van der Waals surface area contributed by atoms with E-state index in [1.807, 2.05) is 0 Å². The van der Waals surface area contributed by atoms with Crippen LogP contribution < -0.4 is 0 Å². The lowest BCUT2D eigenvalue weighted by Crippen LogP contribution is -2.55. The van der Waals surface area contributed by atoms with Crippen molar-refractivity contribution in [2.24, 2.45) is 0 Å². The van der Waals surface area contributed by atoms with Gasteiger partial charge in [0.25, 0.3) is 0 Å². The minimum absolute atomic E-state index is 0.193. The van der Waals surface area contributed by atoms with Crippen LogP contribution in [-0.2, 0) is 4.79 Å². The molecule has 14 heavy (non-hydrogen) atoms. The Morgan fingerprint density at radius 1 is 1.43 bits per heavy atom. The zero-order valence-electron chi connectivity index (χ0n) is 8.70. The molecule has 2 aliphatic heterocycles. The van der Waals surface area contributed by atoms with Crippen LogP contribution in [0.2, 0.25) is 0 Å². The third-order valence-corrected chi connectivity index (χ3v) is 3.53. The van der Waals surface area contributed by atoms with Gasteiger partial charge in [0.1, 0.15) is 5.78 Å². The number of hydrogen-bond acceptors (Lipinski definition) is 2. The summed E-state index contributed by atoms with van der Waals surface area (Å²) in [4.78, 5) is 13.8. The minimum Gasteiger partial charge on any atom is -0.300 e. The first-order valence-corrected chi connectivity index (χ1v) is 5.47. The number of piperidine rings is 2. The van der Waals surface area contributed by atoms with Gasteiger partial charge in [0, 0.05) is 24.9 Å². The third-order valence-electron chi connectivity index (χ3n) is 3.53. The number of terminal acetylenes is 1. The maximum Gasteiger partial charge on any atom is 0.136 e. The highest BCUT2D eigenvalue weighted by atomic mass is 16.1. The summed E-state index contributed by atoms with van der Waals surface area (Å²) in [6.45, 7) is 2.07. The van der Waals surface area contributed by atoms with Crippen molar-refractivity contribution in [3.8, 4) is 12.3 Å². The van der Waals surface area contributed by atoms with Gasteiger partial charge in [0.2, 0.25) is 0 Å². The lowest BCUT2D eigenvalue weighted by atomic mass is 9.83. The topological polar surface area (TPSA) is 20.3 Å². The summed E-state index contributed by atoms with van der Waals surface area (Å²) >= 11 is 0. The van der Waals surface area contributed by atoms with Gasteiger partial charge in [-0.3, -0.25) is 9.69 Å². The molecular weight excluding hydrogens is 174 g/mol. The van der Waals surface area contributed by atoms with Crippen LogP contribution >= 0.6 is 0 Å². The number of Topliss-reactive ketones (excluding diaryl/α,β-unsaturated/α-hetero) is 1. The molecule has 0 aromatic carbocycles. The Labute approximate surface area is 85.7 Å². The molecule has 0 amide bonds. The van der Waals surface area contributed by atoms with Crippen molar-refractivity contribution in [1.82, 2.24) is 4.90 Å². The number of carbonyl (C=O) groups excluding carboxylic acids is 1. The minimum atomic E-state index is 0.193. The molecule has 3 atom stereocenters. The Morgan fingerprint density at radius 3 is 2.50 bits per heavy atom. The second-order valence-corrected chi connectivity index (χ2v) is 4.48. The van der Waals surface area contributed by atoms with Gasteiger partial charge in [-0.15, -0.1) is 6.42 Å². The normalized spacial score (nSPS) is 35.0. The maximum absolute atomic E-state index is 11.5. The Kier molecular flexibility index (Phi) is 2.60. The molecule has 0 aliphatic carbocycles. The first-order chi connectivity index (χ1) is 6.72. The van der Waals surface area contributed by atoms with E-state index in [0.717, 1.165) is 25.7 Å². The van der Waals surface area contributed by atoms with E-state index >= 15 is 0 Å². The van der Waals surface area contributed by atoms with Gasteiger partial charge in [0.15, 0.2) is 0 Å². The van der Waals surface area contributed by atoms with Crippen molar-refractivity contribution in [3.63, 3.8) is 0 Å². The molecule has 0 N–H and O–H groups in total. The van der Waals surface area contributed by atoms with Crippen molar-refractivity contribution < 1.29 is 4.79 Å². The van der Waals surface area contributed by atoms with E-state index in [1.54, 1.807) is 0 Å². The molecule has 2 fully saturated rings. The number of ketones is 1. The fourth-order valence-corrected chi connectivity index (χ4v) is 2.93. The zero-order chi connectivity index (χ0) is 10.1. The van der Waals surface area contributed by atoms with Gasteiger partial charge >= 0.3 is 0 Å². The molecule has 76 valence electrons. The summed E-state index contributed by atoms with van der Waals surface area (Å²) in [6, 6.07) is 1.06. The van der Waals surface area contributed by atoms with Crippen molar-refractivity contribution in [2.75, 3.05) is 0 Å². The number of nitrogens with zero attached hydrogens (tertiary/aromatic N) is 1. The molecule has 0 radical (unpaired) electrons. The molecule has 2 heteroatoms. The highest BCUT2D eigenvalue weighted by molar-refractivity contribution is 5.80. The van der Waals surface area contributed by atoms with Crippen LogP contribution in [0.4, 0.5) is 0 Å². The second kappa shape index (κ2) is 3.74. The van der Waals surface area contributed by atoms with Crippen LogP contribution in [0.5, 0.6) is 0 Å². The molecule has 0 saturated carbocycles. The molecule has 0 aromatic heterocycles. The van der Waals surface area contributed by atoms with E-state index in [1.165, 1.54) is 6.42 Å². The molecule has 3 unspecified atom stereocenters. The Balaban J connectivity index is 2.17. The summed E-state index contributed by atoms with van der Waals surface area (Å²) in [7, 11) is 0. The standard InChI is InChI=1S/C12H17NO/c1-3-9(2)13-10-5-4-6-11(13)8-12(14)7-10/h1,9-11H,4-8H2,2H3. The van der Waals surface area contributed by atoms with E-state index in [4.69, 9.17) is 6.42 Å². The van der Waals surface area contributed by atoms with Crippen molar-refractivity contribution in [2.45, 2.75) is 57.2 Å². The lowest BCUT2D eigenvalue weighted by molar-refractivity contribution is -0.127. The molecular formula is C12H17NO. The average molecular weight is 191 g/mol. The summed E-state index contributed by atoms with van der Waals surface area (Å²) in [5.74, 6) is 3.22. The van der Waals surface area contributed by atoms with Crippen LogP contribution in [0, 0.1) is 12.3 Å². The Morgan fingerprint density at radius 2 is 2.00 bits per heavy atom. The van der Waals surface area contributed by atoms with Gasteiger partial charge in [-0.25, -0.2) is 0 Å². The molecule has 2 saturated heterocycles. The van der Waals surface area contributed by atoms with Gasteiger partial charge in [0.05, 0.1) is 6.04 Å². The van der Waals surface area contributed by atoms with Crippen LogP contribution in [0.15, 0.2) is 0 Å². The van der Waals surface area contributed by atoms with Crippen LogP contribution in [0.25, 0.3) is 0 Å². The average Bonchev–Trinajstić information content (AvgIpc) is 2.15. The molecule has 2 aliphatic rings. The number of rotatable bonds is 1. The zero-order valence-corrected chi connectivity index (χ0v) is 8.70. The molecule has 2 rings (SSSR count). The monoisotopic (exact) mass is 191 g/mol. The fraction of sp³-hybridized carbons (Fsp3) is 0.750. The highest BCUT2D eigenvalue weighted by Crippen LogP contribution is 2.33. The Bertz CT molecular complexity index is 263. The fourth-order valence-electron chi connectivity index (χ4n) is 2.93. The van der Waals surface area contributed by atoms with Gasteiger partial charge in [-0.2, -0.15) is 0 Å². The van der Waals surface area contributed by atoms with Crippen molar-refractivity contribution >= 4 is 5.78 Å². The second-order valence-electron chi connectivity index (χ2n) is 4.48. The quantitative estimate of drug-likeness (QED) is 0.587.